The number of ether oxygens (including phenoxy) is 1. The molecule has 2 aromatic carbocycles. The number of nitrogens with one attached hydrogen (secondary N) is 1. The smallest absolute Gasteiger partial charge is 0.308 e. The minimum atomic E-state index is -0.588. The summed E-state index contributed by atoms with van der Waals surface area (Å²) in [6, 6.07) is 12.3. The van der Waals surface area contributed by atoms with Crippen LogP contribution in [-0.2, 0) is 38.1 Å². The Kier molecular flexibility index (Phi) is 19.6. The first-order valence-corrected chi connectivity index (χ1v) is 22.1. The van der Waals surface area contributed by atoms with Gasteiger partial charge in [-0.25, -0.2) is 0 Å². The van der Waals surface area contributed by atoms with Gasteiger partial charge in [0.05, 0.1) is 12.5 Å². The van der Waals surface area contributed by atoms with E-state index in [1.165, 1.54) is 5.56 Å². The molecule has 0 heterocycles. The molecule has 57 heavy (non-hydrogen) atoms. The van der Waals surface area contributed by atoms with E-state index >= 15 is 0 Å². The van der Waals surface area contributed by atoms with Crippen LogP contribution in [0.4, 0.5) is 0 Å². The van der Waals surface area contributed by atoms with Gasteiger partial charge in [-0.05, 0) is 121 Å². The van der Waals surface area contributed by atoms with Crippen molar-refractivity contribution < 1.29 is 24.5 Å². The highest BCUT2D eigenvalue weighted by molar-refractivity contribution is 6.31. The molecule has 2 aromatic rings. The molecule has 3 rings (SSSR count). The molecule has 1 fully saturated rings. The van der Waals surface area contributed by atoms with Crippen LogP contribution in [0.1, 0.15) is 144 Å². The molecule has 0 aromatic heterocycles. The van der Waals surface area contributed by atoms with Gasteiger partial charge < -0.3 is 26.0 Å². The predicted octanol–water partition coefficient (Wildman–Crippen LogP) is 10.7. The van der Waals surface area contributed by atoms with Crippen LogP contribution >= 0.6 is 23.2 Å². The highest BCUT2D eigenvalue weighted by atomic mass is 35.5. The normalized spacial score (nSPS) is 19.1. The van der Waals surface area contributed by atoms with Crippen LogP contribution in [-0.4, -0.2) is 48.5 Å². The van der Waals surface area contributed by atoms with Gasteiger partial charge in [-0.2, -0.15) is 0 Å². The van der Waals surface area contributed by atoms with Crippen LogP contribution in [0.3, 0.4) is 0 Å². The molecule has 0 spiro atoms. The summed E-state index contributed by atoms with van der Waals surface area (Å²) in [5, 5.41) is 24.5. The number of carbonyl (C=O) groups excluding carboxylic acids is 2. The second-order valence-electron chi connectivity index (χ2n) is 20.3. The van der Waals surface area contributed by atoms with Gasteiger partial charge >= 0.3 is 5.97 Å². The Hall–Kier alpha value is -2.16. The lowest BCUT2D eigenvalue weighted by atomic mass is 9.65. The lowest BCUT2D eigenvalue weighted by molar-refractivity contribution is -0.152. The van der Waals surface area contributed by atoms with Crippen molar-refractivity contribution in [2.75, 3.05) is 26.4 Å². The third-order valence-electron chi connectivity index (χ3n) is 12.2. The number of amides is 1. The van der Waals surface area contributed by atoms with E-state index in [2.05, 4.69) is 106 Å². The summed E-state index contributed by atoms with van der Waals surface area (Å²) in [6.45, 7) is 28.6. The summed E-state index contributed by atoms with van der Waals surface area (Å²) < 4.78 is 5.08. The number of hydrogen-bond donors (Lipinski definition) is 4. The van der Waals surface area contributed by atoms with Gasteiger partial charge in [-0.15, -0.1) is 0 Å². The highest BCUT2D eigenvalue weighted by Crippen LogP contribution is 2.42. The van der Waals surface area contributed by atoms with E-state index in [9.17, 15) is 19.8 Å². The summed E-state index contributed by atoms with van der Waals surface area (Å²) in [7, 11) is 0. The quantitative estimate of drug-likeness (QED) is 0.111. The Labute approximate surface area is 356 Å². The Balaban J connectivity index is 0.000000438. The molecule has 1 saturated carbocycles. The Morgan fingerprint density at radius 1 is 0.789 bits per heavy atom. The minimum Gasteiger partial charge on any atom is -0.466 e. The molecule has 4 atom stereocenters. The number of benzene rings is 2. The van der Waals surface area contributed by atoms with Crippen LogP contribution < -0.4 is 11.1 Å². The second kappa shape index (κ2) is 21.9. The molecule has 5 N–H and O–H groups in total. The number of rotatable bonds is 18. The second-order valence-corrected chi connectivity index (χ2v) is 21.1. The molecule has 2 unspecified atom stereocenters. The van der Waals surface area contributed by atoms with Crippen molar-refractivity contribution in [3.8, 4) is 0 Å². The fourth-order valence-electron chi connectivity index (χ4n) is 8.12. The fraction of sp³-hybridized carbons (Fsp3) is 0.708. The number of aliphatic hydroxyl groups excluding tert-OH is 2. The molecule has 324 valence electrons. The number of hydrogen-bond acceptors (Lipinski definition) is 6. The lowest BCUT2D eigenvalue weighted by Gasteiger charge is -2.40. The number of esters is 1. The van der Waals surface area contributed by atoms with E-state index < -0.39 is 11.0 Å². The Morgan fingerprint density at radius 3 is 1.65 bits per heavy atom. The van der Waals surface area contributed by atoms with Gasteiger partial charge in [-0.3, -0.25) is 9.59 Å². The number of aliphatic hydroxyl groups is 2. The van der Waals surface area contributed by atoms with Gasteiger partial charge in [0.25, 0.3) is 0 Å². The topological polar surface area (TPSA) is 122 Å². The van der Waals surface area contributed by atoms with Crippen LogP contribution in [0, 0.1) is 46.3 Å². The summed E-state index contributed by atoms with van der Waals surface area (Å²) in [5.74, 6) is 0.488. The van der Waals surface area contributed by atoms with Crippen molar-refractivity contribution in [1.82, 2.24) is 5.32 Å². The molecule has 0 radical (unpaired) electrons. The monoisotopic (exact) mass is 833 g/mol. The summed E-state index contributed by atoms with van der Waals surface area (Å²) in [4.78, 5) is 24.9. The number of halogens is 2. The van der Waals surface area contributed by atoms with Crippen molar-refractivity contribution in [2.45, 2.75) is 146 Å². The van der Waals surface area contributed by atoms with E-state index in [0.29, 0.717) is 30.4 Å². The van der Waals surface area contributed by atoms with Gasteiger partial charge in [0.2, 0.25) is 5.91 Å². The zero-order valence-electron chi connectivity index (χ0n) is 37.7. The molecule has 9 heteroatoms. The number of nitrogens with two attached hydrogens (primary N) is 1. The Morgan fingerprint density at radius 2 is 1.25 bits per heavy atom. The largest absolute Gasteiger partial charge is 0.466 e. The van der Waals surface area contributed by atoms with Crippen molar-refractivity contribution in [3.05, 3.63) is 68.7 Å². The first-order valence-electron chi connectivity index (χ1n) is 21.3. The van der Waals surface area contributed by atoms with Gasteiger partial charge in [-0.1, -0.05) is 124 Å². The van der Waals surface area contributed by atoms with Crippen LogP contribution in [0.2, 0.25) is 10.0 Å². The van der Waals surface area contributed by atoms with E-state index in [-0.39, 0.29) is 60.6 Å². The van der Waals surface area contributed by atoms with Crippen molar-refractivity contribution in [2.24, 2.45) is 52.1 Å². The molecule has 1 aliphatic carbocycles. The van der Waals surface area contributed by atoms with Crippen molar-refractivity contribution >= 4 is 35.1 Å². The van der Waals surface area contributed by atoms with Crippen molar-refractivity contribution in [1.29, 1.82) is 0 Å². The number of aryl methyl sites for hydroxylation is 2. The minimum absolute atomic E-state index is 0.00370. The SMILES string of the molecule is CC(C)C(CO)[C@@](C)(N)c1ccc(CCC(C)(C)C)c(Cl)c1.CCOC(=O)C1CC(CNC(=O)C[C@@](C)(c2ccc(CCC(C)(C)C)c(Cl)c2)C(CO)C(C)C)C1. The molecule has 0 saturated heterocycles. The third kappa shape index (κ3) is 15.4. The average molecular weight is 834 g/mol. The zero-order valence-corrected chi connectivity index (χ0v) is 39.2. The maximum absolute atomic E-state index is 13.1. The molecule has 1 aliphatic rings. The lowest BCUT2D eigenvalue weighted by Crippen LogP contribution is -2.45. The molecule has 0 bridgehead atoms. The summed E-state index contributed by atoms with van der Waals surface area (Å²) in [6.07, 6.45) is 5.79. The molecular weight excluding hydrogens is 755 g/mol. The predicted molar refractivity (Wildman–Crippen MR) is 239 cm³/mol. The standard InChI is InChI=1S/C29H46ClNO4.C19H32ClNO/c1-8-35-27(34)22-13-20(14-22)17-31-26(33)16-29(7,24(18-32)19(2)3)23-10-9-21(25(30)15-23)11-12-28(4,5)6;1-13(2)16(12-22)19(6,21)15-8-7-14(17(20)11-15)9-10-18(3,4)5/h9-10,15,19-20,22,24,32H,8,11-14,16-18H2,1-7H3,(H,31,33);7-8,11,13,16,22H,9-10,12,21H2,1-6H3/t20?,22?,24?,29-;16?,19-/m00/s1. The van der Waals surface area contributed by atoms with E-state index in [1.54, 1.807) is 0 Å². The van der Waals surface area contributed by atoms with E-state index in [0.717, 1.165) is 65.3 Å². The van der Waals surface area contributed by atoms with Crippen LogP contribution in [0.15, 0.2) is 36.4 Å². The molecule has 0 aliphatic heterocycles. The maximum Gasteiger partial charge on any atom is 0.308 e. The third-order valence-corrected chi connectivity index (χ3v) is 12.9. The zero-order chi connectivity index (χ0) is 43.5. The average Bonchev–Trinajstić information content (AvgIpc) is 3.06. The van der Waals surface area contributed by atoms with Crippen molar-refractivity contribution in [3.63, 3.8) is 0 Å². The number of carbonyl (C=O) groups is 2. The molecule has 7 nitrogen and oxygen atoms in total. The first kappa shape index (κ1) is 51.0. The molecule has 1 amide bonds. The summed E-state index contributed by atoms with van der Waals surface area (Å²) >= 11 is 13.2. The van der Waals surface area contributed by atoms with Crippen LogP contribution in [0.25, 0.3) is 0 Å². The van der Waals surface area contributed by atoms with Gasteiger partial charge in [0.1, 0.15) is 0 Å². The van der Waals surface area contributed by atoms with E-state index in [1.807, 2.05) is 26.0 Å². The summed E-state index contributed by atoms with van der Waals surface area (Å²) in [5.41, 5.74) is 10.2. The van der Waals surface area contributed by atoms with E-state index in [4.69, 9.17) is 33.7 Å². The fourth-order valence-corrected chi connectivity index (χ4v) is 8.67. The van der Waals surface area contributed by atoms with Gasteiger partial charge in [0, 0.05) is 53.1 Å². The molecular formula is C48H78Cl2N2O5. The van der Waals surface area contributed by atoms with Gasteiger partial charge in [0.15, 0.2) is 0 Å². The highest BCUT2D eigenvalue weighted by Gasteiger charge is 2.41. The Bertz CT molecular complexity index is 1570. The van der Waals surface area contributed by atoms with Crippen LogP contribution in [0.5, 0.6) is 0 Å². The first-order chi connectivity index (χ1) is 26.3. The maximum atomic E-state index is 13.1.